The molecule has 2 heterocycles. The van der Waals surface area contributed by atoms with E-state index in [0.717, 1.165) is 5.52 Å². The molecule has 0 radical (unpaired) electrons. The summed E-state index contributed by atoms with van der Waals surface area (Å²) >= 11 is 0. The number of likely N-dealkylation sites (N-methyl/N-ethyl adjacent to an activating group) is 1. The molecule has 2 aromatic rings. The Balaban J connectivity index is 2.51. The fourth-order valence-corrected chi connectivity index (χ4v) is 3.22. The predicted molar refractivity (Wildman–Crippen MR) is 87.6 cm³/mol. The number of hydrogen-bond donors (Lipinski definition) is 0. The molecule has 0 bridgehead atoms. The van der Waals surface area contributed by atoms with E-state index in [1.807, 2.05) is 6.20 Å². The molecule has 0 amide bonds. The van der Waals surface area contributed by atoms with Gasteiger partial charge in [0.05, 0.1) is 5.52 Å². The van der Waals surface area contributed by atoms with E-state index in [9.17, 15) is 0 Å². The third-order valence-corrected chi connectivity index (χ3v) is 4.90. The highest BCUT2D eigenvalue weighted by molar-refractivity contribution is 6.00. The van der Waals surface area contributed by atoms with E-state index in [2.05, 4.69) is 58.7 Å². The van der Waals surface area contributed by atoms with E-state index in [1.54, 1.807) is 0 Å². The molecule has 0 fully saturated rings. The maximum absolute atomic E-state index is 4.74. The molecule has 0 N–H and O–H groups in total. The zero-order valence-corrected chi connectivity index (χ0v) is 13.2. The molecule has 1 atom stereocenters. The Kier molecular flexibility index (Phi) is 2.86. The van der Waals surface area contributed by atoms with Crippen molar-refractivity contribution >= 4 is 22.7 Å². The Hall–Kier alpha value is -1.83. The molecule has 1 aromatic carbocycles. The summed E-state index contributed by atoms with van der Waals surface area (Å²) in [4.78, 5) is 7.09. The van der Waals surface area contributed by atoms with Crippen LogP contribution in [-0.4, -0.2) is 18.1 Å². The van der Waals surface area contributed by atoms with Gasteiger partial charge in [0.25, 0.3) is 0 Å². The minimum Gasteiger partial charge on any atom is -0.368 e. The Morgan fingerprint density at radius 1 is 1.05 bits per heavy atom. The van der Waals surface area contributed by atoms with Crippen LogP contribution in [0.1, 0.15) is 34.7 Å². The smallest absolute Gasteiger partial charge is 0.0800 e. The molecule has 1 unspecified atom stereocenters. The molecule has 2 nitrogen and oxygen atoms in total. The first-order chi connectivity index (χ1) is 9.43. The molecule has 0 aliphatic carbocycles. The summed E-state index contributed by atoms with van der Waals surface area (Å²) in [6.45, 7) is 11.0. The second-order valence-corrected chi connectivity index (χ2v) is 6.01. The average Bonchev–Trinajstić information content (AvgIpc) is 2.42. The van der Waals surface area contributed by atoms with Crippen molar-refractivity contribution in [3.63, 3.8) is 0 Å². The molecule has 0 spiro atoms. The van der Waals surface area contributed by atoms with Crippen LogP contribution in [0.5, 0.6) is 0 Å². The van der Waals surface area contributed by atoms with Crippen LogP contribution in [0.4, 0.5) is 5.69 Å². The molecule has 104 valence electrons. The first-order valence-electron chi connectivity index (χ1n) is 7.23. The van der Waals surface area contributed by atoms with Gasteiger partial charge in [-0.25, -0.2) is 0 Å². The van der Waals surface area contributed by atoms with Crippen molar-refractivity contribution in [2.24, 2.45) is 0 Å². The highest BCUT2D eigenvalue weighted by atomic mass is 15.1. The Bertz CT molecular complexity index is 741. The van der Waals surface area contributed by atoms with E-state index in [-0.39, 0.29) is 0 Å². The minimum atomic E-state index is 0.435. The highest BCUT2D eigenvalue weighted by Crippen LogP contribution is 2.40. The summed E-state index contributed by atoms with van der Waals surface area (Å²) in [6.07, 6.45) is 6.50. The highest BCUT2D eigenvalue weighted by Gasteiger charge is 2.23. The van der Waals surface area contributed by atoms with Crippen molar-refractivity contribution in [2.75, 3.05) is 11.9 Å². The largest absolute Gasteiger partial charge is 0.368 e. The van der Waals surface area contributed by atoms with E-state index in [1.165, 1.54) is 38.9 Å². The lowest BCUT2D eigenvalue weighted by atomic mass is 9.90. The van der Waals surface area contributed by atoms with Gasteiger partial charge < -0.3 is 4.90 Å². The van der Waals surface area contributed by atoms with Gasteiger partial charge in [0.1, 0.15) is 0 Å². The van der Waals surface area contributed by atoms with Gasteiger partial charge in [-0.3, -0.25) is 4.98 Å². The SMILES string of the molecule is Cc1cnc2c3c(c(C)c(C)c2c1C)N(C)C(C)C=C3. The van der Waals surface area contributed by atoms with Crippen LogP contribution in [0.25, 0.3) is 17.0 Å². The Labute approximate surface area is 121 Å². The monoisotopic (exact) mass is 266 g/mol. The van der Waals surface area contributed by atoms with Crippen molar-refractivity contribution in [1.29, 1.82) is 0 Å². The number of aryl methyl sites for hydroxylation is 3. The summed E-state index contributed by atoms with van der Waals surface area (Å²) in [5, 5.41) is 1.33. The summed E-state index contributed by atoms with van der Waals surface area (Å²) in [5.74, 6) is 0. The average molecular weight is 266 g/mol. The molecule has 2 heteroatoms. The third kappa shape index (κ3) is 1.60. The lowest BCUT2D eigenvalue weighted by Crippen LogP contribution is -2.30. The maximum Gasteiger partial charge on any atom is 0.0800 e. The van der Waals surface area contributed by atoms with Crippen molar-refractivity contribution in [2.45, 2.75) is 40.7 Å². The van der Waals surface area contributed by atoms with Gasteiger partial charge in [-0.15, -0.1) is 0 Å². The van der Waals surface area contributed by atoms with E-state index < -0.39 is 0 Å². The van der Waals surface area contributed by atoms with Crippen LogP contribution in [0.2, 0.25) is 0 Å². The number of hydrogen-bond acceptors (Lipinski definition) is 2. The Morgan fingerprint density at radius 2 is 1.75 bits per heavy atom. The van der Waals surface area contributed by atoms with E-state index in [0.29, 0.717) is 6.04 Å². The summed E-state index contributed by atoms with van der Waals surface area (Å²) in [5.41, 5.74) is 9.10. The molecule has 3 rings (SSSR count). The first kappa shape index (κ1) is 13.2. The van der Waals surface area contributed by atoms with E-state index in [4.69, 9.17) is 4.98 Å². The van der Waals surface area contributed by atoms with Gasteiger partial charge >= 0.3 is 0 Å². The fourth-order valence-electron chi connectivity index (χ4n) is 3.22. The number of pyridine rings is 1. The Morgan fingerprint density at radius 3 is 2.45 bits per heavy atom. The lowest BCUT2D eigenvalue weighted by molar-refractivity contribution is 0.814. The minimum absolute atomic E-state index is 0.435. The van der Waals surface area contributed by atoms with Crippen LogP contribution in [0, 0.1) is 27.7 Å². The second-order valence-electron chi connectivity index (χ2n) is 6.01. The van der Waals surface area contributed by atoms with Gasteiger partial charge in [-0.05, 0) is 56.9 Å². The van der Waals surface area contributed by atoms with Gasteiger partial charge in [-0.1, -0.05) is 12.2 Å². The zero-order chi connectivity index (χ0) is 14.6. The number of rotatable bonds is 0. The molecule has 0 saturated heterocycles. The van der Waals surface area contributed by atoms with Crippen LogP contribution >= 0.6 is 0 Å². The fraction of sp³-hybridized carbons (Fsp3) is 0.389. The van der Waals surface area contributed by atoms with Gasteiger partial charge in [-0.2, -0.15) is 0 Å². The zero-order valence-electron chi connectivity index (χ0n) is 13.2. The number of benzene rings is 1. The molecule has 0 saturated carbocycles. The second kappa shape index (κ2) is 4.34. The maximum atomic E-state index is 4.74. The van der Waals surface area contributed by atoms with Crippen molar-refractivity contribution < 1.29 is 0 Å². The van der Waals surface area contributed by atoms with Gasteiger partial charge in [0.2, 0.25) is 0 Å². The van der Waals surface area contributed by atoms with Crippen molar-refractivity contribution in [3.05, 3.63) is 40.1 Å². The number of aromatic nitrogens is 1. The van der Waals surface area contributed by atoms with Gasteiger partial charge in [0.15, 0.2) is 0 Å². The molecular weight excluding hydrogens is 244 g/mol. The standard InChI is InChI=1S/C18H22N2/c1-10-9-19-17-15-8-7-11(2)20(6)18(15)14(5)13(4)16(17)12(10)3/h7-9,11H,1-6H3. The molecule has 1 aliphatic heterocycles. The molecule has 20 heavy (non-hydrogen) atoms. The quantitative estimate of drug-likeness (QED) is 0.706. The number of fused-ring (bicyclic) bond motifs is 3. The summed E-state index contributed by atoms with van der Waals surface area (Å²) in [6, 6.07) is 0.435. The number of anilines is 1. The third-order valence-electron chi connectivity index (χ3n) is 4.90. The molecule has 1 aliphatic rings. The van der Waals surface area contributed by atoms with Crippen molar-refractivity contribution in [1.82, 2.24) is 4.98 Å². The van der Waals surface area contributed by atoms with Crippen LogP contribution < -0.4 is 4.90 Å². The topological polar surface area (TPSA) is 16.1 Å². The number of nitrogens with zero attached hydrogens (tertiary/aromatic N) is 2. The summed E-state index contributed by atoms with van der Waals surface area (Å²) < 4.78 is 0. The van der Waals surface area contributed by atoms with Gasteiger partial charge in [0, 0.05) is 35.9 Å². The van der Waals surface area contributed by atoms with E-state index >= 15 is 0 Å². The van der Waals surface area contributed by atoms with Crippen LogP contribution in [0.15, 0.2) is 12.3 Å². The van der Waals surface area contributed by atoms with Crippen LogP contribution in [0.3, 0.4) is 0 Å². The predicted octanol–water partition coefficient (Wildman–Crippen LogP) is 4.32. The van der Waals surface area contributed by atoms with Crippen LogP contribution in [-0.2, 0) is 0 Å². The lowest BCUT2D eigenvalue weighted by Gasteiger charge is -2.33. The normalized spacial score (nSPS) is 17.7. The molecule has 1 aromatic heterocycles. The summed E-state index contributed by atoms with van der Waals surface area (Å²) in [7, 11) is 2.17. The molecular formula is C18H22N2. The first-order valence-corrected chi connectivity index (χ1v) is 7.23. The van der Waals surface area contributed by atoms with Crippen molar-refractivity contribution in [3.8, 4) is 0 Å².